The maximum atomic E-state index is 10.4. The molecule has 94 valence electrons. The van der Waals surface area contributed by atoms with Crippen LogP contribution in [0.4, 0.5) is 0 Å². The van der Waals surface area contributed by atoms with E-state index in [1.54, 1.807) is 7.11 Å². The first kappa shape index (κ1) is 13.8. The van der Waals surface area contributed by atoms with Crippen molar-refractivity contribution in [3.63, 3.8) is 0 Å². The van der Waals surface area contributed by atoms with E-state index in [0.29, 0.717) is 23.1 Å². The second-order valence-corrected chi connectivity index (χ2v) is 4.49. The van der Waals surface area contributed by atoms with Crippen LogP contribution < -0.4 is 4.74 Å². The number of rotatable bonds is 6. The van der Waals surface area contributed by atoms with E-state index >= 15 is 0 Å². The molecular weight excluding hydrogens is 240 g/mol. The number of methoxy groups -OCH3 is 1. The summed E-state index contributed by atoms with van der Waals surface area (Å²) in [5.74, 6) is 0.218. The number of aliphatic carboxylic acids is 1. The van der Waals surface area contributed by atoms with Gasteiger partial charge in [-0.15, -0.1) is 0 Å². The van der Waals surface area contributed by atoms with E-state index < -0.39 is 5.97 Å². The third-order valence-electron chi connectivity index (χ3n) is 2.77. The molecule has 1 rings (SSSR count). The number of carboxylic acid groups (broad SMARTS) is 1. The van der Waals surface area contributed by atoms with Crippen LogP contribution in [0.5, 0.6) is 5.75 Å². The van der Waals surface area contributed by atoms with Gasteiger partial charge < -0.3 is 9.84 Å². The van der Waals surface area contributed by atoms with Crippen LogP contribution in [0.3, 0.4) is 0 Å². The predicted molar refractivity (Wildman–Crippen MR) is 67.9 cm³/mol. The van der Waals surface area contributed by atoms with Crippen LogP contribution in [0, 0.1) is 0 Å². The Morgan fingerprint density at radius 2 is 2.24 bits per heavy atom. The fraction of sp³-hybridized carbons (Fsp3) is 0.462. The Kier molecular flexibility index (Phi) is 5.29. The number of hydrogen-bond donors (Lipinski definition) is 1. The standard InChI is InChI=1S/C13H17ClO3/c1-9(4-3-5-13(15)16)10-6-7-12(17-2)11(14)8-10/h6-9H,3-5H2,1-2H3,(H,15,16). The van der Waals surface area contributed by atoms with Crippen molar-refractivity contribution < 1.29 is 14.6 Å². The average molecular weight is 257 g/mol. The van der Waals surface area contributed by atoms with Crippen molar-refractivity contribution in [3.8, 4) is 5.75 Å². The molecule has 0 fully saturated rings. The largest absolute Gasteiger partial charge is 0.495 e. The van der Waals surface area contributed by atoms with Gasteiger partial charge >= 0.3 is 5.97 Å². The Bertz CT molecular complexity index is 390. The van der Waals surface area contributed by atoms with E-state index in [-0.39, 0.29) is 6.42 Å². The van der Waals surface area contributed by atoms with Gasteiger partial charge in [0.1, 0.15) is 5.75 Å². The number of carboxylic acids is 1. The normalized spacial score (nSPS) is 12.2. The highest BCUT2D eigenvalue weighted by Gasteiger charge is 2.09. The molecule has 0 aliphatic carbocycles. The lowest BCUT2D eigenvalue weighted by Crippen LogP contribution is -1.98. The highest BCUT2D eigenvalue weighted by atomic mass is 35.5. The van der Waals surface area contributed by atoms with Gasteiger partial charge in [-0.1, -0.05) is 24.6 Å². The Balaban J connectivity index is 2.59. The monoisotopic (exact) mass is 256 g/mol. The first-order chi connectivity index (χ1) is 8.04. The smallest absolute Gasteiger partial charge is 0.303 e. The molecule has 0 radical (unpaired) electrons. The van der Waals surface area contributed by atoms with E-state index in [1.807, 2.05) is 18.2 Å². The molecule has 0 aliphatic rings. The molecule has 4 heteroatoms. The van der Waals surface area contributed by atoms with Gasteiger partial charge in [-0.3, -0.25) is 4.79 Å². The van der Waals surface area contributed by atoms with Crippen LogP contribution in [0.25, 0.3) is 0 Å². The molecule has 0 heterocycles. The summed E-state index contributed by atoms with van der Waals surface area (Å²) in [5, 5.41) is 9.16. The van der Waals surface area contributed by atoms with Gasteiger partial charge in [-0.25, -0.2) is 0 Å². The van der Waals surface area contributed by atoms with Crippen LogP contribution in [-0.2, 0) is 4.79 Å². The van der Waals surface area contributed by atoms with Gasteiger partial charge in [-0.05, 0) is 36.5 Å². The van der Waals surface area contributed by atoms with Gasteiger partial charge in [0.25, 0.3) is 0 Å². The van der Waals surface area contributed by atoms with Gasteiger partial charge in [0.05, 0.1) is 12.1 Å². The lowest BCUT2D eigenvalue weighted by Gasteiger charge is -2.12. The molecule has 1 unspecified atom stereocenters. The van der Waals surface area contributed by atoms with E-state index in [9.17, 15) is 4.79 Å². The fourth-order valence-corrected chi connectivity index (χ4v) is 1.98. The third kappa shape index (κ3) is 4.27. The number of benzene rings is 1. The summed E-state index contributed by atoms with van der Waals surface area (Å²) in [6, 6.07) is 5.69. The van der Waals surface area contributed by atoms with Crippen LogP contribution in [0.1, 0.15) is 37.7 Å². The summed E-state index contributed by atoms with van der Waals surface area (Å²) in [5.41, 5.74) is 1.11. The minimum absolute atomic E-state index is 0.216. The van der Waals surface area contributed by atoms with Crippen LogP contribution in [-0.4, -0.2) is 18.2 Å². The zero-order valence-electron chi connectivity index (χ0n) is 10.1. The highest BCUT2D eigenvalue weighted by Crippen LogP contribution is 2.30. The number of hydrogen-bond acceptors (Lipinski definition) is 2. The van der Waals surface area contributed by atoms with Crippen molar-refractivity contribution in [1.29, 1.82) is 0 Å². The molecule has 0 amide bonds. The van der Waals surface area contributed by atoms with Crippen molar-refractivity contribution >= 4 is 17.6 Å². The lowest BCUT2D eigenvalue weighted by molar-refractivity contribution is -0.137. The molecule has 1 aromatic rings. The minimum Gasteiger partial charge on any atom is -0.495 e. The Labute approximate surface area is 106 Å². The molecule has 0 saturated heterocycles. The van der Waals surface area contributed by atoms with Gasteiger partial charge in [-0.2, -0.15) is 0 Å². The Morgan fingerprint density at radius 1 is 1.53 bits per heavy atom. The van der Waals surface area contributed by atoms with Crippen molar-refractivity contribution in [3.05, 3.63) is 28.8 Å². The van der Waals surface area contributed by atoms with Crippen LogP contribution >= 0.6 is 11.6 Å². The zero-order valence-corrected chi connectivity index (χ0v) is 10.8. The topological polar surface area (TPSA) is 46.5 Å². The van der Waals surface area contributed by atoms with Crippen LogP contribution in [0.2, 0.25) is 5.02 Å². The molecule has 0 bridgehead atoms. The second kappa shape index (κ2) is 6.50. The summed E-state index contributed by atoms with van der Waals surface area (Å²) in [6.07, 6.45) is 1.74. The minimum atomic E-state index is -0.745. The SMILES string of the molecule is COc1ccc(C(C)CCCC(=O)O)cc1Cl. The molecular formula is C13H17ClO3. The second-order valence-electron chi connectivity index (χ2n) is 4.08. The summed E-state index contributed by atoms with van der Waals surface area (Å²) in [7, 11) is 1.58. The predicted octanol–water partition coefficient (Wildman–Crippen LogP) is 3.71. The van der Waals surface area contributed by atoms with E-state index in [1.165, 1.54) is 0 Å². The molecule has 1 aromatic carbocycles. The summed E-state index contributed by atoms with van der Waals surface area (Å²) in [6.45, 7) is 2.07. The molecule has 0 aliphatic heterocycles. The van der Waals surface area contributed by atoms with Crippen molar-refractivity contribution in [1.82, 2.24) is 0 Å². The van der Waals surface area contributed by atoms with Gasteiger partial charge in [0.2, 0.25) is 0 Å². The van der Waals surface area contributed by atoms with Gasteiger partial charge in [0.15, 0.2) is 0 Å². The number of halogens is 1. The van der Waals surface area contributed by atoms with E-state index in [0.717, 1.165) is 12.0 Å². The van der Waals surface area contributed by atoms with Crippen molar-refractivity contribution in [2.45, 2.75) is 32.1 Å². The first-order valence-electron chi connectivity index (χ1n) is 5.59. The molecule has 1 atom stereocenters. The molecule has 0 saturated carbocycles. The van der Waals surface area contributed by atoms with Crippen LogP contribution in [0.15, 0.2) is 18.2 Å². The maximum absolute atomic E-state index is 10.4. The summed E-state index contributed by atoms with van der Waals surface area (Å²) in [4.78, 5) is 10.4. The number of ether oxygens (including phenoxy) is 1. The Hall–Kier alpha value is -1.22. The molecule has 3 nitrogen and oxygen atoms in total. The highest BCUT2D eigenvalue weighted by molar-refractivity contribution is 6.32. The third-order valence-corrected chi connectivity index (χ3v) is 3.07. The molecule has 17 heavy (non-hydrogen) atoms. The zero-order chi connectivity index (χ0) is 12.8. The van der Waals surface area contributed by atoms with Crippen molar-refractivity contribution in [2.75, 3.05) is 7.11 Å². The molecule has 0 spiro atoms. The quantitative estimate of drug-likeness (QED) is 0.844. The summed E-state index contributed by atoms with van der Waals surface area (Å²) < 4.78 is 5.08. The number of carbonyl (C=O) groups is 1. The molecule has 1 N–H and O–H groups in total. The molecule has 0 aromatic heterocycles. The first-order valence-corrected chi connectivity index (χ1v) is 5.97. The lowest BCUT2D eigenvalue weighted by atomic mass is 9.95. The summed E-state index contributed by atoms with van der Waals surface area (Å²) >= 11 is 6.04. The Morgan fingerprint density at radius 3 is 2.76 bits per heavy atom. The fourth-order valence-electron chi connectivity index (χ4n) is 1.72. The van der Waals surface area contributed by atoms with Crippen molar-refractivity contribution in [2.24, 2.45) is 0 Å². The van der Waals surface area contributed by atoms with E-state index in [4.69, 9.17) is 21.4 Å². The average Bonchev–Trinajstić information content (AvgIpc) is 2.28. The van der Waals surface area contributed by atoms with E-state index in [2.05, 4.69) is 6.92 Å². The maximum Gasteiger partial charge on any atom is 0.303 e. The van der Waals surface area contributed by atoms with Gasteiger partial charge in [0, 0.05) is 6.42 Å².